The van der Waals surface area contributed by atoms with E-state index < -0.39 is 0 Å². The van der Waals surface area contributed by atoms with E-state index in [9.17, 15) is 4.79 Å². The summed E-state index contributed by atoms with van der Waals surface area (Å²) in [6.45, 7) is 2.75. The average molecular weight is 344 g/mol. The molecule has 2 heterocycles. The Balaban J connectivity index is 1.52. The number of furan rings is 1. The van der Waals surface area contributed by atoms with E-state index >= 15 is 0 Å². The lowest BCUT2D eigenvalue weighted by Crippen LogP contribution is -2.42. The molecule has 2 aromatic rings. The number of benzene rings is 1. The Kier molecular flexibility index (Phi) is 6.38. The van der Waals surface area contributed by atoms with Gasteiger partial charge < -0.3 is 9.73 Å². The lowest BCUT2D eigenvalue weighted by Gasteiger charge is -2.34. The van der Waals surface area contributed by atoms with Crippen LogP contribution in [0.1, 0.15) is 23.6 Å². The van der Waals surface area contributed by atoms with Crippen molar-refractivity contribution in [1.82, 2.24) is 10.2 Å². The number of aryl methyl sites for hydroxylation is 1. The van der Waals surface area contributed by atoms with Crippen molar-refractivity contribution in [1.29, 1.82) is 0 Å². The van der Waals surface area contributed by atoms with Crippen LogP contribution in [0.5, 0.6) is 0 Å². The van der Waals surface area contributed by atoms with Gasteiger partial charge in [0.25, 0.3) is 0 Å². The van der Waals surface area contributed by atoms with Crippen LogP contribution in [0.3, 0.4) is 0 Å². The number of nitrogens with one attached hydrogen (secondary N) is 1. The van der Waals surface area contributed by atoms with Crippen LogP contribution < -0.4 is 5.32 Å². The quantitative estimate of drug-likeness (QED) is 0.838. The Morgan fingerprint density at radius 1 is 1.21 bits per heavy atom. The number of rotatable bonds is 7. The average Bonchev–Trinajstić information content (AvgIpc) is 3.16. The van der Waals surface area contributed by atoms with Crippen LogP contribution in [0.15, 0.2) is 53.3 Å². The number of hydrogen-bond acceptors (Lipinski definition) is 4. The van der Waals surface area contributed by atoms with Crippen molar-refractivity contribution in [3.05, 3.63) is 60.1 Å². The molecule has 1 saturated heterocycles. The van der Waals surface area contributed by atoms with Crippen LogP contribution >= 0.6 is 11.8 Å². The van der Waals surface area contributed by atoms with Crippen molar-refractivity contribution in [3.63, 3.8) is 0 Å². The second-order valence-corrected chi connectivity index (χ2v) is 7.24. The van der Waals surface area contributed by atoms with Crippen molar-refractivity contribution in [3.8, 4) is 0 Å². The van der Waals surface area contributed by atoms with Crippen molar-refractivity contribution < 1.29 is 9.21 Å². The molecular formula is C19H24N2O2S. The van der Waals surface area contributed by atoms with Gasteiger partial charge in [-0.25, -0.2) is 0 Å². The van der Waals surface area contributed by atoms with Crippen molar-refractivity contribution in [2.45, 2.75) is 18.9 Å². The predicted molar refractivity (Wildman–Crippen MR) is 98.1 cm³/mol. The SMILES string of the molecule is O=C(CCc1ccccc1)NCC(c1ccoc1)N1CCSCC1. The molecule has 1 aliphatic rings. The minimum atomic E-state index is 0.110. The van der Waals surface area contributed by atoms with Gasteiger partial charge in [-0.1, -0.05) is 30.3 Å². The number of hydrogen-bond donors (Lipinski definition) is 1. The second kappa shape index (κ2) is 8.94. The van der Waals surface area contributed by atoms with Gasteiger partial charge in [0.2, 0.25) is 5.91 Å². The molecule has 0 spiro atoms. The zero-order valence-electron chi connectivity index (χ0n) is 13.8. The fourth-order valence-corrected chi connectivity index (χ4v) is 3.94. The molecule has 1 N–H and O–H groups in total. The third-order valence-electron chi connectivity index (χ3n) is 4.39. The van der Waals surface area contributed by atoms with Crippen LogP contribution in [-0.4, -0.2) is 41.9 Å². The number of carbonyl (C=O) groups is 1. The zero-order valence-corrected chi connectivity index (χ0v) is 14.6. The minimum absolute atomic E-state index is 0.110. The van der Waals surface area contributed by atoms with E-state index in [2.05, 4.69) is 22.3 Å². The monoisotopic (exact) mass is 344 g/mol. The molecule has 0 aliphatic carbocycles. The maximum Gasteiger partial charge on any atom is 0.220 e. The summed E-state index contributed by atoms with van der Waals surface area (Å²) in [7, 11) is 0. The molecule has 1 amide bonds. The summed E-state index contributed by atoms with van der Waals surface area (Å²) in [5, 5.41) is 3.11. The predicted octanol–water partition coefficient (Wildman–Crippen LogP) is 3.12. The highest BCUT2D eigenvalue weighted by molar-refractivity contribution is 7.99. The van der Waals surface area contributed by atoms with Gasteiger partial charge in [0.1, 0.15) is 0 Å². The molecule has 0 radical (unpaired) electrons. The maximum atomic E-state index is 12.2. The largest absolute Gasteiger partial charge is 0.472 e. The minimum Gasteiger partial charge on any atom is -0.472 e. The molecule has 3 rings (SSSR count). The van der Waals surface area contributed by atoms with Gasteiger partial charge in [-0.15, -0.1) is 0 Å². The smallest absolute Gasteiger partial charge is 0.220 e. The van der Waals surface area contributed by atoms with Gasteiger partial charge in [-0.3, -0.25) is 9.69 Å². The van der Waals surface area contributed by atoms with Crippen molar-refractivity contribution >= 4 is 17.7 Å². The first-order valence-corrected chi connectivity index (χ1v) is 9.63. The summed E-state index contributed by atoms with van der Waals surface area (Å²) >= 11 is 1.99. The van der Waals surface area contributed by atoms with E-state index in [-0.39, 0.29) is 11.9 Å². The first-order valence-electron chi connectivity index (χ1n) is 8.47. The third-order valence-corrected chi connectivity index (χ3v) is 5.33. The first-order chi connectivity index (χ1) is 11.8. The third kappa shape index (κ3) is 4.89. The van der Waals surface area contributed by atoms with Crippen LogP contribution in [0.25, 0.3) is 0 Å². The topological polar surface area (TPSA) is 45.5 Å². The number of amides is 1. The molecule has 5 heteroatoms. The molecule has 1 unspecified atom stereocenters. The fraction of sp³-hybridized carbons (Fsp3) is 0.421. The summed E-state index contributed by atoms with van der Waals surface area (Å²) in [6, 6.07) is 12.3. The van der Waals surface area contributed by atoms with Gasteiger partial charge in [-0.05, 0) is 18.1 Å². The molecule has 0 saturated carbocycles. The molecule has 1 aliphatic heterocycles. The highest BCUT2D eigenvalue weighted by Crippen LogP contribution is 2.24. The normalized spacial score (nSPS) is 16.7. The number of thioether (sulfide) groups is 1. The van der Waals surface area contributed by atoms with E-state index in [1.807, 2.05) is 36.0 Å². The first kappa shape index (κ1) is 17.1. The number of nitrogens with zero attached hydrogens (tertiary/aromatic N) is 1. The van der Waals surface area contributed by atoms with E-state index in [1.54, 1.807) is 12.5 Å². The van der Waals surface area contributed by atoms with Gasteiger partial charge in [0.15, 0.2) is 0 Å². The summed E-state index contributed by atoms with van der Waals surface area (Å²) in [6.07, 6.45) is 4.81. The van der Waals surface area contributed by atoms with Gasteiger partial charge in [0.05, 0.1) is 18.6 Å². The van der Waals surface area contributed by atoms with Gasteiger partial charge >= 0.3 is 0 Å². The molecule has 1 aromatic heterocycles. The highest BCUT2D eigenvalue weighted by Gasteiger charge is 2.23. The van der Waals surface area contributed by atoms with Crippen LogP contribution in [0.2, 0.25) is 0 Å². The van der Waals surface area contributed by atoms with E-state index in [0.717, 1.165) is 36.6 Å². The van der Waals surface area contributed by atoms with Gasteiger partial charge in [0, 0.05) is 43.1 Å². The lowest BCUT2D eigenvalue weighted by atomic mass is 10.1. The summed E-state index contributed by atoms with van der Waals surface area (Å²) in [5.74, 6) is 2.41. The van der Waals surface area contributed by atoms with Crippen LogP contribution in [0.4, 0.5) is 0 Å². The van der Waals surface area contributed by atoms with Crippen LogP contribution in [0, 0.1) is 0 Å². The number of carbonyl (C=O) groups excluding carboxylic acids is 1. The highest BCUT2D eigenvalue weighted by atomic mass is 32.2. The molecule has 1 aromatic carbocycles. The molecule has 1 atom stereocenters. The standard InChI is InChI=1S/C19H24N2O2S/c22-19(7-6-16-4-2-1-3-5-16)20-14-18(17-8-11-23-15-17)21-9-12-24-13-10-21/h1-5,8,11,15,18H,6-7,9-10,12-14H2,(H,20,22). The Labute approximate surface area is 147 Å². The molecule has 4 nitrogen and oxygen atoms in total. The van der Waals surface area contributed by atoms with Crippen molar-refractivity contribution in [2.24, 2.45) is 0 Å². The van der Waals surface area contributed by atoms with E-state index in [1.165, 1.54) is 5.56 Å². The molecular weight excluding hydrogens is 320 g/mol. The zero-order chi connectivity index (χ0) is 16.6. The second-order valence-electron chi connectivity index (χ2n) is 6.01. The molecule has 0 bridgehead atoms. The van der Waals surface area contributed by atoms with E-state index in [0.29, 0.717) is 13.0 Å². The fourth-order valence-electron chi connectivity index (χ4n) is 3.01. The van der Waals surface area contributed by atoms with E-state index in [4.69, 9.17) is 4.42 Å². The Morgan fingerprint density at radius 2 is 2.00 bits per heavy atom. The van der Waals surface area contributed by atoms with Crippen LogP contribution in [-0.2, 0) is 11.2 Å². The Bertz CT molecular complexity index is 610. The summed E-state index contributed by atoms with van der Waals surface area (Å²) in [5.41, 5.74) is 2.34. The molecule has 24 heavy (non-hydrogen) atoms. The summed E-state index contributed by atoms with van der Waals surface area (Å²) < 4.78 is 5.25. The Hall–Kier alpha value is -1.72. The molecule has 128 valence electrons. The maximum absolute atomic E-state index is 12.2. The van der Waals surface area contributed by atoms with Gasteiger partial charge in [-0.2, -0.15) is 11.8 Å². The molecule has 1 fully saturated rings. The lowest BCUT2D eigenvalue weighted by molar-refractivity contribution is -0.121. The van der Waals surface area contributed by atoms with Crippen molar-refractivity contribution in [2.75, 3.05) is 31.1 Å². The summed E-state index contributed by atoms with van der Waals surface area (Å²) in [4.78, 5) is 14.7. The Morgan fingerprint density at radius 3 is 2.71 bits per heavy atom.